The molecule has 46 valence electrons. The van der Waals surface area contributed by atoms with E-state index in [0.717, 1.165) is 17.8 Å². The summed E-state index contributed by atoms with van der Waals surface area (Å²) in [7, 11) is 0. The molecule has 3 heteroatoms. The highest BCUT2D eigenvalue weighted by molar-refractivity contribution is 8.00. The van der Waals surface area contributed by atoms with Crippen molar-refractivity contribution < 1.29 is 0 Å². The first-order chi connectivity index (χ1) is 3.97. The Morgan fingerprint density at radius 3 is 3.38 bits per heavy atom. The number of hydrazine groups is 1. The molecule has 0 saturated carbocycles. The number of thioether (sulfide) groups is 1. The topological polar surface area (TPSA) is 24.1 Å². The van der Waals surface area contributed by atoms with Crippen LogP contribution in [-0.2, 0) is 0 Å². The Morgan fingerprint density at radius 2 is 2.50 bits per heavy atom. The van der Waals surface area contributed by atoms with Gasteiger partial charge in [-0.1, -0.05) is 0 Å². The van der Waals surface area contributed by atoms with Crippen molar-refractivity contribution in [3.63, 3.8) is 0 Å². The second-order valence-electron chi connectivity index (χ2n) is 2.33. The van der Waals surface area contributed by atoms with E-state index in [1.807, 2.05) is 0 Å². The fourth-order valence-corrected chi connectivity index (χ4v) is 2.64. The Balaban J connectivity index is 2.04. The molecular formula is C5H10N2S. The van der Waals surface area contributed by atoms with Gasteiger partial charge < -0.3 is 0 Å². The van der Waals surface area contributed by atoms with Crippen LogP contribution in [0.2, 0.25) is 0 Å². The van der Waals surface area contributed by atoms with E-state index in [1.54, 1.807) is 0 Å². The fraction of sp³-hybridized carbons (Fsp3) is 1.00. The summed E-state index contributed by atoms with van der Waals surface area (Å²) in [4.78, 5) is 0. The quantitative estimate of drug-likeness (QED) is 0.481. The molecule has 8 heavy (non-hydrogen) atoms. The predicted molar refractivity (Wildman–Crippen MR) is 35.8 cm³/mol. The highest BCUT2D eigenvalue weighted by atomic mass is 32.2. The number of rotatable bonds is 0. The zero-order chi connectivity index (χ0) is 5.40. The van der Waals surface area contributed by atoms with Crippen molar-refractivity contribution in [2.24, 2.45) is 0 Å². The largest absolute Gasteiger partial charge is 0.256 e. The van der Waals surface area contributed by atoms with E-state index in [0.29, 0.717) is 0 Å². The molecule has 2 N–H and O–H groups in total. The van der Waals surface area contributed by atoms with Crippen LogP contribution >= 0.6 is 11.8 Å². The van der Waals surface area contributed by atoms with Crippen LogP contribution in [0.3, 0.4) is 0 Å². The molecule has 2 aliphatic heterocycles. The molecule has 0 aliphatic carbocycles. The van der Waals surface area contributed by atoms with Crippen LogP contribution in [-0.4, -0.2) is 23.6 Å². The van der Waals surface area contributed by atoms with Crippen LogP contribution in [0.1, 0.15) is 6.42 Å². The standard InChI is InChI=1S/C5H10N2S/c1-2-8-5-3-6-7-4(1)5/h4-7H,1-3H2. The number of hydrogen-bond acceptors (Lipinski definition) is 3. The lowest BCUT2D eigenvalue weighted by Gasteiger charge is -2.02. The number of fused-ring (bicyclic) bond motifs is 1. The van der Waals surface area contributed by atoms with Crippen molar-refractivity contribution in [1.29, 1.82) is 0 Å². The molecule has 0 amide bonds. The van der Waals surface area contributed by atoms with Crippen LogP contribution in [0.25, 0.3) is 0 Å². The minimum absolute atomic E-state index is 0.778. The molecule has 0 aromatic carbocycles. The average molecular weight is 130 g/mol. The maximum absolute atomic E-state index is 3.25. The first kappa shape index (κ1) is 5.09. The molecule has 0 aromatic rings. The second-order valence-corrected chi connectivity index (χ2v) is 3.68. The molecule has 2 fully saturated rings. The maximum Gasteiger partial charge on any atom is 0.0353 e. The molecule has 2 heterocycles. The molecule has 2 atom stereocenters. The SMILES string of the molecule is C1CC2NNCC2S1. The second kappa shape index (κ2) is 1.90. The van der Waals surface area contributed by atoms with E-state index in [9.17, 15) is 0 Å². The van der Waals surface area contributed by atoms with Gasteiger partial charge in [-0.3, -0.25) is 10.9 Å². The Labute approximate surface area is 53.4 Å². The maximum atomic E-state index is 3.25. The monoisotopic (exact) mass is 130 g/mol. The van der Waals surface area contributed by atoms with Gasteiger partial charge in [0.25, 0.3) is 0 Å². The minimum atomic E-state index is 0.778. The summed E-state index contributed by atoms with van der Waals surface area (Å²) in [5, 5.41) is 0.870. The van der Waals surface area contributed by atoms with Crippen molar-refractivity contribution >= 4 is 11.8 Å². The average Bonchev–Trinajstić information content (AvgIpc) is 2.15. The molecule has 0 bridgehead atoms. The van der Waals surface area contributed by atoms with Gasteiger partial charge in [-0.15, -0.1) is 0 Å². The molecule has 0 aromatic heterocycles. The van der Waals surface area contributed by atoms with Gasteiger partial charge in [-0.05, 0) is 12.2 Å². The van der Waals surface area contributed by atoms with Gasteiger partial charge in [-0.2, -0.15) is 11.8 Å². The van der Waals surface area contributed by atoms with E-state index in [-0.39, 0.29) is 0 Å². The van der Waals surface area contributed by atoms with Crippen molar-refractivity contribution in [3.8, 4) is 0 Å². The first-order valence-electron chi connectivity index (χ1n) is 3.07. The van der Waals surface area contributed by atoms with Crippen LogP contribution < -0.4 is 10.9 Å². The molecular weight excluding hydrogens is 120 g/mol. The van der Waals surface area contributed by atoms with Gasteiger partial charge in [0.15, 0.2) is 0 Å². The van der Waals surface area contributed by atoms with E-state index >= 15 is 0 Å². The lowest BCUT2D eigenvalue weighted by Crippen LogP contribution is -2.30. The minimum Gasteiger partial charge on any atom is -0.256 e. The zero-order valence-electron chi connectivity index (χ0n) is 4.68. The molecule has 2 unspecified atom stereocenters. The molecule has 2 rings (SSSR count). The normalized spacial score (nSPS) is 45.0. The summed E-state index contributed by atoms with van der Waals surface area (Å²) in [6.07, 6.45) is 1.35. The number of hydrogen-bond donors (Lipinski definition) is 2. The summed E-state index contributed by atoms with van der Waals surface area (Å²) in [6, 6.07) is 0.778. The third-order valence-electron chi connectivity index (χ3n) is 1.80. The number of nitrogens with one attached hydrogen (secondary N) is 2. The molecule has 2 saturated heterocycles. The lowest BCUT2D eigenvalue weighted by atomic mass is 10.2. The molecule has 0 spiro atoms. The van der Waals surface area contributed by atoms with Crippen molar-refractivity contribution in [2.45, 2.75) is 17.7 Å². The Bertz CT molecular complexity index is 76.4. The predicted octanol–water partition coefficient (Wildman–Crippen LogP) is -0.0317. The van der Waals surface area contributed by atoms with Gasteiger partial charge in [0.2, 0.25) is 0 Å². The van der Waals surface area contributed by atoms with Gasteiger partial charge in [0.1, 0.15) is 0 Å². The van der Waals surface area contributed by atoms with Gasteiger partial charge in [0.05, 0.1) is 0 Å². The smallest absolute Gasteiger partial charge is 0.0353 e. The van der Waals surface area contributed by atoms with E-state index in [1.165, 1.54) is 12.2 Å². The molecule has 2 aliphatic rings. The van der Waals surface area contributed by atoms with Crippen LogP contribution in [0, 0.1) is 0 Å². The zero-order valence-corrected chi connectivity index (χ0v) is 5.50. The first-order valence-corrected chi connectivity index (χ1v) is 4.12. The third kappa shape index (κ3) is 0.658. The van der Waals surface area contributed by atoms with Gasteiger partial charge in [0, 0.05) is 17.8 Å². The summed E-state index contributed by atoms with van der Waals surface area (Å²) in [5.41, 5.74) is 6.40. The van der Waals surface area contributed by atoms with Crippen LogP contribution in [0.15, 0.2) is 0 Å². The van der Waals surface area contributed by atoms with Gasteiger partial charge in [-0.25, -0.2) is 0 Å². The van der Waals surface area contributed by atoms with Crippen LogP contribution in [0.4, 0.5) is 0 Å². The molecule has 0 radical (unpaired) electrons. The van der Waals surface area contributed by atoms with Crippen molar-refractivity contribution in [2.75, 3.05) is 12.3 Å². The highest BCUT2D eigenvalue weighted by Crippen LogP contribution is 2.27. The van der Waals surface area contributed by atoms with Crippen molar-refractivity contribution in [1.82, 2.24) is 10.9 Å². The summed E-state index contributed by atoms with van der Waals surface area (Å²) in [6.45, 7) is 1.16. The summed E-state index contributed by atoms with van der Waals surface area (Å²) in [5.74, 6) is 1.35. The van der Waals surface area contributed by atoms with Crippen LogP contribution in [0.5, 0.6) is 0 Å². The fourth-order valence-electron chi connectivity index (χ4n) is 1.31. The highest BCUT2D eigenvalue weighted by Gasteiger charge is 2.31. The third-order valence-corrected chi connectivity index (χ3v) is 3.20. The lowest BCUT2D eigenvalue weighted by molar-refractivity contribution is 0.559. The van der Waals surface area contributed by atoms with E-state index in [2.05, 4.69) is 22.6 Å². The van der Waals surface area contributed by atoms with Crippen molar-refractivity contribution in [3.05, 3.63) is 0 Å². The van der Waals surface area contributed by atoms with E-state index in [4.69, 9.17) is 0 Å². The summed E-state index contributed by atoms with van der Waals surface area (Å²) < 4.78 is 0. The van der Waals surface area contributed by atoms with E-state index < -0.39 is 0 Å². The van der Waals surface area contributed by atoms with Gasteiger partial charge >= 0.3 is 0 Å². The Morgan fingerprint density at radius 1 is 1.50 bits per heavy atom. The Kier molecular flexibility index (Phi) is 1.21. The Hall–Kier alpha value is 0.270. The molecule has 2 nitrogen and oxygen atoms in total. The summed E-state index contributed by atoms with van der Waals surface area (Å²) >= 11 is 2.09.